The quantitative estimate of drug-likeness (QED) is 0.0323. The number of esters is 6. The van der Waals surface area contributed by atoms with Gasteiger partial charge >= 0.3 is 35.8 Å². The van der Waals surface area contributed by atoms with Gasteiger partial charge < -0.3 is 28.4 Å². The van der Waals surface area contributed by atoms with E-state index in [0.29, 0.717) is 12.8 Å². The van der Waals surface area contributed by atoms with Crippen molar-refractivity contribution in [3.8, 4) is 0 Å². The van der Waals surface area contributed by atoms with E-state index < -0.39 is 0 Å². The van der Waals surface area contributed by atoms with E-state index in [-0.39, 0.29) is 98.1 Å². The smallest absolute Gasteiger partial charge is 0.306 e. The van der Waals surface area contributed by atoms with Gasteiger partial charge in [0.2, 0.25) is 0 Å². The zero-order valence-electron chi connectivity index (χ0n) is 85.6. The fraction of sp³-hybridized carbons (Fsp3) is 0.946. The van der Waals surface area contributed by atoms with Crippen molar-refractivity contribution in [1.29, 1.82) is 0 Å². The summed E-state index contributed by atoms with van der Waals surface area (Å²) in [5.74, 6) is -0.876. The molecule has 0 aliphatic rings. The first kappa shape index (κ1) is 125. The van der Waals surface area contributed by atoms with Crippen LogP contribution in [0.15, 0.2) is 0 Å². The Bertz CT molecular complexity index is 2090. The van der Waals surface area contributed by atoms with Crippen LogP contribution in [0.2, 0.25) is 0 Å². The number of carbonyl (C=O) groups excluding carboxylic acids is 6. The van der Waals surface area contributed by atoms with Crippen molar-refractivity contribution in [3.05, 3.63) is 0 Å². The first-order chi connectivity index (χ1) is 60.7. The molecule has 4 atom stereocenters. The van der Waals surface area contributed by atoms with Gasteiger partial charge in [-0.15, -0.1) is 0 Å². The van der Waals surface area contributed by atoms with Crippen molar-refractivity contribution < 1.29 is 57.2 Å². The first-order valence-electron chi connectivity index (χ1n) is 55.9. The highest BCUT2D eigenvalue weighted by molar-refractivity contribution is 5.78. The third-order valence-corrected chi connectivity index (χ3v) is 25.4. The Morgan fingerprint density at radius 2 is 0.210 bits per heavy atom. The zero-order chi connectivity index (χ0) is 91.4. The number of hydrogen-bond donors (Lipinski definition) is 0. The van der Waals surface area contributed by atoms with Gasteiger partial charge in [-0.2, -0.15) is 0 Å². The van der Waals surface area contributed by atoms with Gasteiger partial charge in [-0.3, -0.25) is 28.8 Å². The number of carbonyl (C=O) groups is 6. The van der Waals surface area contributed by atoms with E-state index in [1.54, 1.807) is 0 Å². The maximum atomic E-state index is 12.7. The van der Waals surface area contributed by atoms with Crippen LogP contribution in [-0.4, -0.2) is 72.4 Å². The average molecular weight is 1760 g/mol. The van der Waals surface area contributed by atoms with Crippen molar-refractivity contribution in [3.63, 3.8) is 0 Å². The lowest BCUT2D eigenvalue weighted by atomic mass is 10.0. The summed E-state index contributed by atoms with van der Waals surface area (Å²) in [6, 6.07) is 0. The molecule has 738 valence electrons. The van der Waals surface area contributed by atoms with Gasteiger partial charge in [-0.05, 0) is 167 Å². The summed E-state index contributed by atoms with van der Waals surface area (Å²) in [5.41, 5.74) is 0. The third kappa shape index (κ3) is 97.9. The van der Waals surface area contributed by atoms with E-state index in [4.69, 9.17) is 28.4 Å². The van der Waals surface area contributed by atoms with Crippen molar-refractivity contribution in [2.75, 3.05) is 0 Å². The normalized spacial score (nSPS) is 12.3. The molecule has 0 aliphatic carbocycles. The second-order valence-electron chi connectivity index (χ2n) is 38.1. The molecule has 0 amide bonds. The van der Waals surface area contributed by atoms with E-state index in [1.165, 1.54) is 372 Å². The molecule has 0 aliphatic heterocycles. The Morgan fingerprint density at radius 3 is 0.331 bits per heavy atom. The van der Waals surface area contributed by atoms with Crippen molar-refractivity contribution in [2.45, 2.75) is 685 Å². The van der Waals surface area contributed by atoms with Crippen LogP contribution in [0.25, 0.3) is 0 Å². The molecule has 0 saturated heterocycles. The van der Waals surface area contributed by atoms with E-state index in [2.05, 4.69) is 83.1 Å². The van der Waals surface area contributed by atoms with E-state index >= 15 is 0 Å². The van der Waals surface area contributed by atoms with Crippen molar-refractivity contribution in [1.82, 2.24) is 0 Å². The Hall–Kier alpha value is -3.18. The molecule has 0 saturated carbocycles. The largest absolute Gasteiger partial charge is 0.462 e. The van der Waals surface area contributed by atoms with E-state index in [0.717, 1.165) is 154 Å². The van der Waals surface area contributed by atoms with E-state index in [1.807, 2.05) is 0 Å². The summed E-state index contributed by atoms with van der Waals surface area (Å²) in [6.07, 6.45) is 99.7. The van der Waals surface area contributed by atoms with Crippen LogP contribution < -0.4 is 0 Å². The van der Waals surface area contributed by atoms with Crippen LogP contribution in [0, 0.1) is 0 Å². The number of unbranched alkanes of at least 4 members (excludes halogenated alkanes) is 57. The Kier molecular flexibility index (Phi) is 106. The minimum atomic E-state index is -0.232. The van der Waals surface area contributed by atoms with Crippen LogP contribution in [-0.2, 0) is 57.2 Å². The molecular formula is C112H218O12. The molecule has 0 spiro atoms. The van der Waals surface area contributed by atoms with E-state index in [9.17, 15) is 28.8 Å². The second kappa shape index (κ2) is 105. The van der Waals surface area contributed by atoms with Crippen LogP contribution in [0.1, 0.15) is 648 Å². The highest BCUT2D eigenvalue weighted by Gasteiger charge is 2.23. The monoisotopic (exact) mass is 1760 g/mol. The Balaban J connectivity index is -0.00000178. The standard InChI is InChI=1S/C42H82O4.C36H70O4.C34H66O4/c1-5-9-13-17-24-30-36-39(33-27-16-12-8-4)45-41(43)37-31-25-20-18-19-21-26-32-38-42(44)46-40(34-28-22-14-10-6-2)35-29-23-15-11-7-3;1-5-9-13-17-21-25-29-33(27-23-19-15-11-7-3)39-35(37)31-32-36(38)40-34(28-24-20-16-12-8-4)30-26-22-18-14-10-6-2;1-5-9-13-17-20-24-28-31(25-21-16-12-8-4)37-33(35)29-30-34(36)38-32(26-22-18-14-10-6-2)27-23-19-15-11-7-3/h39-40H,5-38H2,1-4H3;33-34H,5-32H2,1-4H3;31-32H,5-30H2,1-4H3. The molecule has 0 bridgehead atoms. The van der Waals surface area contributed by atoms with Crippen molar-refractivity contribution >= 4 is 35.8 Å². The summed E-state index contributed by atoms with van der Waals surface area (Å²) >= 11 is 0. The minimum Gasteiger partial charge on any atom is -0.462 e. The molecule has 124 heavy (non-hydrogen) atoms. The molecule has 0 aromatic heterocycles. The summed E-state index contributed by atoms with van der Waals surface area (Å²) in [7, 11) is 0. The van der Waals surface area contributed by atoms with Gasteiger partial charge in [-0.25, -0.2) is 0 Å². The molecule has 12 nitrogen and oxygen atoms in total. The maximum absolute atomic E-state index is 12.7. The summed E-state index contributed by atoms with van der Waals surface area (Å²) < 4.78 is 35.5. The topological polar surface area (TPSA) is 158 Å². The highest BCUT2D eigenvalue weighted by atomic mass is 16.6. The van der Waals surface area contributed by atoms with Crippen LogP contribution in [0.5, 0.6) is 0 Å². The molecule has 0 aromatic carbocycles. The fourth-order valence-corrected chi connectivity index (χ4v) is 17.1. The van der Waals surface area contributed by atoms with Gasteiger partial charge in [-0.1, -0.05) is 443 Å². The van der Waals surface area contributed by atoms with Gasteiger partial charge in [0, 0.05) is 12.8 Å². The molecule has 0 N–H and O–H groups in total. The average Bonchev–Trinajstić information content (AvgIpc) is 0.960. The summed E-state index contributed by atoms with van der Waals surface area (Å²) in [6.45, 7) is 26.9. The van der Waals surface area contributed by atoms with Gasteiger partial charge in [0.25, 0.3) is 0 Å². The predicted molar refractivity (Wildman–Crippen MR) is 534 cm³/mol. The summed E-state index contributed by atoms with van der Waals surface area (Å²) in [5, 5.41) is 0. The zero-order valence-corrected chi connectivity index (χ0v) is 85.6. The predicted octanol–water partition coefficient (Wildman–Crippen LogP) is 37.0. The molecule has 0 aromatic rings. The van der Waals surface area contributed by atoms with Crippen LogP contribution >= 0.6 is 0 Å². The van der Waals surface area contributed by atoms with Gasteiger partial charge in [0.15, 0.2) is 0 Å². The lowest BCUT2D eigenvalue weighted by Crippen LogP contribution is -2.21. The second-order valence-corrected chi connectivity index (χ2v) is 38.1. The SMILES string of the molecule is CCCCCCCCC(CCCCCC)OC(=O)CCC(=O)OC(CCCCCCC)CCCCCCC.CCCCCCCCC(CCCCCC)OC(=O)CCCCCCCCCCC(=O)OC(CCCCCCC)CCCCCCC.CCCCCCCCC(CCCCCCC)OC(=O)CCC(=O)OC(CCCCCCC)CCCCCCCC. The molecule has 12 heteroatoms. The fourth-order valence-electron chi connectivity index (χ4n) is 17.1. The summed E-state index contributed by atoms with van der Waals surface area (Å²) in [4.78, 5) is 75.8. The number of hydrogen-bond acceptors (Lipinski definition) is 12. The molecule has 0 radical (unpaired) electrons. The lowest BCUT2D eigenvalue weighted by molar-refractivity contribution is -0.156. The molecular weight excluding hydrogens is 1540 g/mol. The minimum absolute atomic E-state index is 0.0000930. The first-order valence-corrected chi connectivity index (χ1v) is 55.9. The van der Waals surface area contributed by atoms with Gasteiger partial charge in [0.05, 0.1) is 25.7 Å². The Labute approximate surface area is 773 Å². The number of ether oxygens (including phenoxy) is 6. The lowest BCUT2D eigenvalue weighted by Gasteiger charge is -2.19. The Morgan fingerprint density at radius 1 is 0.121 bits per heavy atom. The maximum Gasteiger partial charge on any atom is 0.306 e. The van der Waals surface area contributed by atoms with Gasteiger partial charge in [0.1, 0.15) is 36.6 Å². The highest BCUT2D eigenvalue weighted by Crippen LogP contribution is 2.26. The van der Waals surface area contributed by atoms with Crippen LogP contribution in [0.4, 0.5) is 0 Å². The number of rotatable bonds is 97. The molecule has 4 unspecified atom stereocenters. The van der Waals surface area contributed by atoms with Crippen LogP contribution in [0.3, 0.4) is 0 Å². The third-order valence-electron chi connectivity index (χ3n) is 25.4. The van der Waals surface area contributed by atoms with Crippen molar-refractivity contribution in [2.24, 2.45) is 0 Å². The molecule has 0 fully saturated rings. The molecule has 0 heterocycles. The molecule has 0 rings (SSSR count).